The summed E-state index contributed by atoms with van der Waals surface area (Å²) in [7, 11) is -0.773. The van der Waals surface area contributed by atoms with E-state index < -0.39 is 45.9 Å². The second kappa shape index (κ2) is 11.9. The predicted molar refractivity (Wildman–Crippen MR) is 166 cm³/mol. The Labute approximate surface area is 258 Å². The molecule has 13 heteroatoms. The van der Waals surface area contributed by atoms with E-state index in [1.807, 2.05) is 0 Å². The molecule has 0 radical (unpaired) electrons. The second-order valence-corrected chi connectivity index (χ2v) is 13.3. The van der Waals surface area contributed by atoms with Crippen LogP contribution in [0, 0.1) is 0 Å². The number of pyridine rings is 1. The average molecular weight is 635 g/mol. The maximum absolute atomic E-state index is 15.3. The molecule has 45 heavy (non-hydrogen) atoms. The number of carbonyl (C=O) groups is 2. The number of aromatic amines is 1. The molecule has 11 nitrogen and oxygen atoms in total. The van der Waals surface area contributed by atoms with Crippen molar-refractivity contribution in [3.63, 3.8) is 0 Å². The molecule has 0 spiro atoms. The first kappa shape index (κ1) is 30.1. The Hall–Kier alpha value is -4.91. The highest BCUT2D eigenvalue weighted by Crippen LogP contribution is 2.37. The van der Waals surface area contributed by atoms with E-state index in [1.54, 1.807) is 36.5 Å². The molecule has 1 aromatic heterocycles. The number of methoxy groups -OCH3 is 1. The van der Waals surface area contributed by atoms with Crippen LogP contribution < -0.4 is 20.9 Å². The van der Waals surface area contributed by atoms with Gasteiger partial charge in [0.25, 0.3) is 5.56 Å². The highest BCUT2D eigenvalue weighted by Gasteiger charge is 2.38. The van der Waals surface area contributed by atoms with Crippen molar-refractivity contribution < 1.29 is 31.9 Å². The molecular formula is C32H31FN4O7S. The zero-order valence-electron chi connectivity index (χ0n) is 24.5. The molecule has 4 aromatic rings. The summed E-state index contributed by atoms with van der Waals surface area (Å²) in [6, 6.07) is 14.7. The lowest BCUT2D eigenvalue weighted by molar-refractivity contribution is -0.131. The van der Waals surface area contributed by atoms with Crippen LogP contribution in [-0.4, -0.2) is 56.3 Å². The van der Waals surface area contributed by atoms with Gasteiger partial charge in [0.2, 0.25) is 5.91 Å². The minimum absolute atomic E-state index is 0.0674. The smallest absolute Gasteiger partial charge is 0.411 e. The Morgan fingerprint density at radius 2 is 1.82 bits per heavy atom. The van der Waals surface area contributed by atoms with Crippen molar-refractivity contribution in [2.75, 3.05) is 31.4 Å². The fraction of sp³-hybridized carbons (Fsp3) is 0.281. The van der Waals surface area contributed by atoms with Gasteiger partial charge in [-0.3, -0.25) is 14.9 Å². The van der Waals surface area contributed by atoms with Gasteiger partial charge in [0, 0.05) is 42.1 Å². The monoisotopic (exact) mass is 634 g/mol. The summed E-state index contributed by atoms with van der Waals surface area (Å²) in [6.07, 6.45) is -0.0248. The summed E-state index contributed by atoms with van der Waals surface area (Å²) in [5.74, 6) is -0.306. The molecule has 2 aliphatic heterocycles. The van der Waals surface area contributed by atoms with E-state index in [2.05, 4.69) is 15.6 Å². The summed E-state index contributed by atoms with van der Waals surface area (Å²) >= 11 is 0. The van der Waals surface area contributed by atoms with E-state index in [-0.39, 0.29) is 34.0 Å². The maximum Gasteiger partial charge on any atom is 0.411 e. The van der Waals surface area contributed by atoms with Crippen LogP contribution in [0.2, 0.25) is 0 Å². The zero-order valence-corrected chi connectivity index (χ0v) is 25.3. The van der Waals surface area contributed by atoms with E-state index in [4.69, 9.17) is 9.47 Å². The Kier molecular flexibility index (Phi) is 7.96. The van der Waals surface area contributed by atoms with E-state index in [1.165, 1.54) is 49.4 Å². The molecule has 2 atom stereocenters. The number of fused-ring (bicyclic) bond motifs is 10. The SMILES string of the molecule is COc1cc2ccc1C(F)COC(=O)Nc1ccc(S(=O)(=O)C3CC3)c(c1)CN(C)C(=O)[C@@H]2Nc1ccc2cc[nH]c(=O)c2c1. The first-order valence-electron chi connectivity index (χ1n) is 14.3. The number of likely N-dealkylation sites (N-methyl/N-ethyl adjacent to an activating group) is 1. The molecule has 3 aliphatic rings. The van der Waals surface area contributed by atoms with Gasteiger partial charge in [-0.1, -0.05) is 18.2 Å². The minimum Gasteiger partial charge on any atom is -0.496 e. The van der Waals surface area contributed by atoms with Crippen molar-refractivity contribution in [3.05, 3.63) is 93.9 Å². The molecular weight excluding hydrogens is 603 g/mol. The number of benzene rings is 3. The average Bonchev–Trinajstić information content (AvgIpc) is 3.88. The Balaban J connectivity index is 1.45. The number of amides is 2. The summed E-state index contributed by atoms with van der Waals surface area (Å²) in [5, 5.41) is 6.36. The van der Waals surface area contributed by atoms with E-state index in [9.17, 15) is 22.8 Å². The molecule has 0 saturated heterocycles. The Morgan fingerprint density at radius 1 is 1.02 bits per heavy atom. The molecule has 3 N–H and O–H groups in total. The highest BCUT2D eigenvalue weighted by atomic mass is 32.2. The molecule has 3 heterocycles. The highest BCUT2D eigenvalue weighted by molar-refractivity contribution is 7.92. The number of nitrogens with one attached hydrogen (secondary N) is 3. The molecule has 1 aliphatic carbocycles. The van der Waals surface area contributed by atoms with Crippen molar-refractivity contribution in [2.24, 2.45) is 0 Å². The van der Waals surface area contributed by atoms with Crippen LogP contribution in [0.15, 0.2) is 76.6 Å². The first-order chi connectivity index (χ1) is 21.5. The molecule has 4 bridgehead atoms. The van der Waals surface area contributed by atoms with Crippen LogP contribution in [-0.2, 0) is 25.9 Å². The molecule has 1 fully saturated rings. The van der Waals surface area contributed by atoms with Gasteiger partial charge >= 0.3 is 6.09 Å². The lowest BCUT2D eigenvalue weighted by atomic mass is 9.99. The van der Waals surface area contributed by atoms with Crippen LogP contribution in [0.5, 0.6) is 5.75 Å². The van der Waals surface area contributed by atoms with E-state index in [0.29, 0.717) is 40.4 Å². The number of sulfone groups is 1. The van der Waals surface area contributed by atoms with E-state index >= 15 is 4.39 Å². The largest absolute Gasteiger partial charge is 0.496 e. The molecule has 1 unspecified atom stereocenters. The third-order valence-electron chi connectivity index (χ3n) is 7.98. The van der Waals surface area contributed by atoms with Crippen molar-refractivity contribution in [1.29, 1.82) is 0 Å². The topological polar surface area (TPSA) is 147 Å². The number of alkyl halides is 1. The molecule has 234 valence electrons. The number of hydrogen-bond acceptors (Lipinski definition) is 8. The van der Waals surface area contributed by atoms with Gasteiger partial charge in [-0.2, -0.15) is 0 Å². The zero-order chi connectivity index (χ0) is 31.9. The van der Waals surface area contributed by atoms with Gasteiger partial charge in [0.15, 0.2) is 16.0 Å². The number of ether oxygens (including phenoxy) is 2. The minimum atomic E-state index is -3.67. The number of halogens is 1. The second-order valence-electron chi connectivity index (χ2n) is 11.1. The van der Waals surface area contributed by atoms with Crippen molar-refractivity contribution in [2.45, 2.75) is 41.7 Å². The summed E-state index contributed by atoms with van der Waals surface area (Å²) in [4.78, 5) is 43.3. The Bertz CT molecular complexity index is 1980. The fourth-order valence-electron chi connectivity index (χ4n) is 5.46. The van der Waals surface area contributed by atoms with Crippen LogP contribution in [0.25, 0.3) is 10.8 Å². The van der Waals surface area contributed by atoms with Crippen molar-refractivity contribution in [3.8, 4) is 5.75 Å². The fourth-order valence-corrected chi connectivity index (χ4v) is 7.32. The van der Waals surface area contributed by atoms with Gasteiger partial charge < -0.3 is 24.7 Å². The number of nitrogens with zero attached hydrogens (tertiary/aromatic N) is 1. The van der Waals surface area contributed by atoms with Gasteiger partial charge in [-0.15, -0.1) is 0 Å². The van der Waals surface area contributed by atoms with Crippen LogP contribution in [0.3, 0.4) is 0 Å². The number of carbonyl (C=O) groups excluding carboxylic acids is 2. The van der Waals surface area contributed by atoms with Gasteiger partial charge in [0.1, 0.15) is 18.4 Å². The Morgan fingerprint density at radius 3 is 2.58 bits per heavy atom. The first-order valence-corrected chi connectivity index (χ1v) is 15.9. The summed E-state index contributed by atoms with van der Waals surface area (Å²) in [6.45, 7) is -0.723. The standard InChI is InChI=1S/C32H31FN4O7S/c1-37-16-20-13-21(6-10-28(20)45(41,42)23-7-8-23)36-32(40)44-17-26(33)24-9-4-19(14-27(24)43-2)29(31(37)39)35-22-5-3-18-11-12-34-30(38)25(18)15-22/h3-6,9-15,23,26,29,35H,7-8,16-17H2,1-2H3,(H,34,38)(H,36,40)/t26?,29-/m1/s1. The number of aromatic nitrogens is 1. The summed E-state index contributed by atoms with van der Waals surface area (Å²) in [5.41, 5.74) is 1.25. The van der Waals surface area contributed by atoms with Crippen molar-refractivity contribution >= 4 is 44.0 Å². The molecule has 1 saturated carbocycles. The third kappa shape index (κ3) is 6.07. The molecule has 2 amide bonds. The van der Waals surface area contributed by atoms with Crippen LogP contribution in [0.1, 0.15) is 41.7 Å². The van der Waals surface area contributed by atoms with Gasteiger partial charge in [-0.05, 0) is 71.8 Å². The number of H-pyrrole nitrogens is 1. The molecule has 3 aromatic carbocycles. The predicted octanol–water partition coefficient (Wildman–Crippen LogP) is 4.86. The third-order valence-corrected chi connectivity index (χ3v) is 10.3. The maximum atomic E-state index is 15.3. The number of hydrogen-bond donors (Lipinski definition) is 3. The molecule has 7 rings (SSSR count). The lowest BCUT2D eigenvalue weighted by Crippen LogP contribution is -2.35. The quantitative estimate of drug-likeness (QED) is 0.282. The van der Waals surface area contributed by atoms with Crippen LogP contribution in [0.4, 0.5) is 20.6 Å². The number of anilines is 2. The van der Waals surface area contributed by atoms with Crippen molar-refractivity contribution in [1.82, 2.24) is 9.88 Å². The lowest BCUT2D eigenvalue weighted by Gasteiger charge is -2.27. The normalized spacial score (nSPS) is 19.2. The van der Waals surface area contributed by atoms with E-state index in [0.717, 1.165) is 0 Å². The number of rotatable bonds is 5. The van der Waals surface area contributed by atoms with Gasteiger partial charge in [0.05, 0.1) is 17.3 Å². The van der Waals surface area contributed by atoms with Gasteiger partial charge in [-0.25, -0.2) is 17.6 Å². The summed E-state index contributed by atoms with van der Waals surface area (Å²) < 4.78 is 52.6. The van der Waals surface area contributed by atoms with Crippen LogP contribution >= 0.6 is 0 Å².